The minimum atomic E-state index is -0.363. The van der Waals surface area contributed by atoms with E-state index < -0.39 is 0 Å². The first-order valence-corrected chi connectivity index (χ1v) is 6.98. The molecule has 0 fully saturated rings. The van der Waals surface area contributed by atoms with E-state index in [9.17, 15) is 14.0 Å². The van der Waals surface area contributed by atoms with Gasteiger partial charge in [-0.3, -0.25) is 9.59 Å². The van der Waals surface area contributed by atoms with Crippen molar-refractivity contribution in [3.05, 3.63) is 54.3 Å². The number of nitrogens with zero attached hydrogens (tertiary/aromatic N) is 1. The number of amides is 2. The molecule has 2 rings (SSSR count). The van der Waals surface area contributed by atoms with Crippen LogP contribution in [-0.4, -0.2) is 25.5 Å². The fourth-order valence-electron chi connectivity index (χ4n) is 1.83. The second-order valence-corrected chi connectivity index (χ2v) is 4.92. The van der Waals surface area contributed by atoms with Crippen LogP contribution in [0.2, 0.25) is 0 Å². The number of ether oxygens (including phenoxy) is 1. The molecule has 6 heteroatoms. The molecule has 0 spiro atoms. The molecule has 120 valence electrons. The highest BCUT2D eigenvalue weighted by molar-refractivity contribution is 5.93. The number of hydrogen-bond donors (Lipinski definition) is 1. The summed E-state index contributed by atoms with van der Waals surface area (Å²) in [5.74, 6) is -0.353. The smallest absolute Gasteiger partial charge is 0.262 e. The summed E-state index contributed by atoms with van der Waals surface area (Å²) in [4.78, 5) is 24.6. The third-order valence-electron chi connectivity index (χ3n) is 3.19. The third kappa shape index (κ3) is 4.81. The molecular formula is C17H17FN2O3. The molecule has 23 heavy (non-hydrogen) atoms. The first kappa shape index (κ1) is 16.5. The average molecular weight is 316 g/mol. The molecule has 2 amide bonds. The van der Waals surface area contributed by atoms with E-state index in [1.807, 2.05) is 0 Å². The van der Waals surface area contributed by atoms with Crippen molar-refractivity contribution in [3.8, 4) is 5.75 Å². The largest absolute Gasteiger partial charge is 0.484 e. The van der Waals surface area contributed by atoms with Crippen LogP contribution in [0.15, 0.2) is 48.5 Å². The van der Waals surface area contributed by atoms with E-state index in [0.29, 0.717) is 11.4 Å². The lowest BCUT2D eigenvalue weighted by Gasteiger charge is -2.15. The second-order valence-electron chi connectivity index (χ2n) is 4.92. The zero-order valence-corrected chi connectivity index (χ0v) is 12.9. The molecule has 0 atom stereocenters. The number of benzene rings is 2. The van der Waals surface area contributed by atoms with Gasteiger partial charge >= 0.3 is 0 Å². The van der Waals surface area contributed by atoms with E-state index >= 15 is 0 Å². The SMILES string of the molecule is CC(=O)N(C)c1ccc(NC(=O)COc2ccc(F)cc2)cc1. The van der Waals surface area contributed by atoms with Gasteiger partial charge in [0.2, 0.25) is 5.91 Å². The number of hydrogen-bond acceptors (Lipinski definition) is 3. The maximum atomic E-state index is 12.8. The molecule has 5 nitrogen and oxygen atoms in total. The van der Waals surface area contributed by atoms with Crippen LogP contribution in [0.5, 0.6) is 5.75 Å². The lowest BCUT2D eigenvalue weighted by Crippen LogP contribution is -2.23. The number of carbonyl (C=O) groups is 2. The molecule has 0 radical (unpaired) electrons. The predicted octanol–water partition coefficient (Wildman–Crippen LogP) is 2.83. The summed E-state index contributed by atoms with van der Waals surface area (Å²) in [6.45, 7) is 1.29. The van der Waals surface area contributed by atoms with Crippen LogP contribution in [0.4, 0.5) is 15.8 Å². The molecular weight excluding hydrogens is 299 g/mol. The molecule has 0 bridgehead atoms. The number of nitrogens with one attached hydrogen (secondary N) is 1. The second kappa shape index (κ2) is 7.40. The number of halogens is 1. The summed E-state index contributed by atoms with van der Waals surface area (Å²) in [5, 5.41) is 2.68. The Bertz CT molecular complexity index is 684. The van der Waals surface area contributed by atoms with E-state index in [2.05, 4.69) is 5.32 Å². The molecule has 0 aliphatic heterocycles. The monoisotopic (exact) mass is 316 g/mol. The molecule has 0 saturated heterocycles. The van der Waals surface area contributed by atoms with Crippen LogP contribution >= 0.6 is 0 Å². The van der Waals surface area contributed by atoms with Gasteiger partial charge in [0.1, 0.15) is 11.6 Å². The first-order chi connectivity index (χ1) is 11.0. The molecule has 0 saturated carbocycles. The lowest BCUT2D eigenvalue weighted by atomic mass is 10.2. The molecule has 0 aliphatic carbocycles. The fraction of sp³-hybridized carbons (Fsp3) is 0.176. The van der Waals surface area contributed by atoms with Crippen molar-refractivity contribution >= 4 is 23.2 Å². The van der Waals surface area contributed by atoms with Crippen molar-refractivity contribution < 1.29 is 18.7 Å². The van der Waals surface area contributed by atoms with Crippen molar-refractivity contribution in [1.82, 2.24) is 0 Å². The molecule has 1 N–H and O–H groups in total. The summed E-state index contributed by atoms with van der Waals surface area (Å²) in [7, 11) is 1.67. The summed E-state index contributed by atoms with van der Waals surface area (Å²) in [6.07, 6.45) is 0. The highest BCUT2D eigenvalue weighted by atomic mass is 19.1. The van der Waals surface area contributed by atoms with E-state index in [0.717, 1.165) is 5.69 Å². The van der Waals surface area contributed by atoms with Gasteiger partial charge < -0.3 is 15.0 Å². The Labute approximate surface area is 133 Å². The molecule has 0 aliphatic rings. The average Bonchev–Trinajstić information content (AvgIpc) is 2.54. The Balaban J connectivity index is 1.87. The fourth-order valence-corrected chi connectivity index (χ4v) is 1.83. The summed E-state index contributed by atoms with van der Waals surface area (Å²) in [6, 6.07) is 12.3. The van der Waals surface area contributed by atoms with Gasteiger partial charge in [0.25, 0.3) is 5.91 Å². The normalized spacial score (nSPS) is 10.0. The quantitative estimate of drug-likeness (QED) is 0.923. The van der Waals surface area contributed by atoms with Gasteiger partial charge in [-0.25, -0.2) is 4.39 Å². The molecule has 0 aromatic heterocycles. The van der Waals surface area contributed by atoms with Gasteiger partial charge in [0.05, 0.1) is 0 Å². The molecule has 2 aromatic carbocycles. The van der Waals surface area contributed by atoms with E-state index in [1.165, 1.54) is 36.1 Å². The minimum Gasteiger partial charge on any atom is -0.484 e. The van der Waals surface area contributed by atoms with Gasteiger partial charge in [-0.2, -0.15) is 0 Å². The van der Waals surface area contributed by atoms with Gasteiger partial charge in [0.15, 0.2) is 6.61 Å². The Hall–Kier alpha value is -2.89. The van der Waals surface area contributed by atoms with Crippen molar-refractivity contribution in [1.29, 1.82) is 0 Å². The van der Waals surface area contributed by atoms with Crippen molar-refractivity contribution in [2.75, 3.05) is 23.9 Å². The zero-order valence-electron chi connectivity index (χ0n) is 12.9. The first-order valence-electron chi connectivity index (χ1n) is 6.98. The number of carbonyl (C=O) groups excluding carboxylic acids is 2. The Morgan fingerprint density at radius 2 is 1.70 bits per heavy atom. The van der Waals surface area contributed by atoms with Crippen LogP contribution in [0.1, 0.15) is 6.92 Å². The number of rotatable bonds is 5. The van der Waals surface area contributed by atoms with Crippen LogP contribution < -0.4 is 15.0 Å². The van der Waals surface area contributed by atoms with E-state index in [-0.39, 0.29) is 24.2 Å². The standard InChI is InChI=1S/C17H17FN2O3/c1-12(21)20(2)15-7-5-14(6-8-15)19-17(22)11-23-16-9-3-13(18)4-10-16/h3-10H,11H2,1-2H3,(H,19,22). The Morgan fingerprint density at radius 1 is 1.09 bits per heavy atom. The van der Waals surface area contributed by atoms with Gasteiger partial charge in [0, 0.05) is 25.3 Å². The lowest BCUT2D eigenvalue weighted by molar-refractivity contribution is -0.118. The molecule has 2 aromatic rings. The highest BCUT2D eigenvalue weighted by Crippen LogP contribution is 2.17. The third-order valence-corrected chi connectivity index (χ3v) is 3.19. The van der Waals surface area contributed by atoms with E-state index in [1.54, 1.807) is 31.3 Å². The summed E-state index contributed by atoms with van der Waals surface area (Å²) in [5.41, 5.74) is 1.33. The van der Waals surface area contributed by atoms with Crippen molar-refractivity contribution in [3.63, 3.8) is 0 Å². The maximum absolute atomic E-state index is 12.8. The Kier molecular flexibility index (Phi) is 5.30. The molecule has 0 heterocycles. The zero-order chi connectivity index (χ0) is 16.8. The van der Waals surface area contributed by atoms with Gasteiger partial charge in [-0.15, -0.1) is 0 Å². The topological polar surface area (TPSA) is 58.6 Å². The summed E-state index contributed by atoms with van der Waals surface area (Å²) >= 11 is 0. The maximum Gasteiger partial charge on any atom is 0.262 e. The van der Waals surface area contributed by atoms with Gasteiger partial charge in [-0.1, -0.05) is 0 Å². The van der Waals surface area contributed by atoms with Crippen LogP contribution in [0.25, 0.3) is 0 Å². The minimum absolute atomic E-state index is 0.0746. The van der Waals surface area contributed by atoms with Crippen molar-refractivity contribution in [2.24, 2.45) is 0 Å². The number of anilines is 2. The van der Waals surface area contributed by atoms with Gasteiger partial charge in [-0.05, 0) is 48.5 Å². The van der Waals surface area contributed by atoms with Crippen LogP contribution in [0.3, 0.4) is 0 Å². The van der Waals surface area contributed by atoms with Crippen molar-refractivity contribution in [2.45, 2.75) is 6.92 Å². The highest BCUT2D eigenvalue weighted by Gasteiger charge is 2.07. The Morgan fingerprint density at radius 3 is 2.26 bits per heavy atom. The predicted molar refractivity (Wildman–Crippen MR) is 86.1 cm³/mol. The summed E-state index contributed by atoms with van der Waals surface area (Å²) < 4.78 is 18.0. The van der Waals surface area contributed by atoms with Crippen LogP contribution in [-0.2, 0) is 9.59 Å². The van der Waals surface area contributed by atoms with E-state index in [4.69, 9.17) is 4.74 Å². The van der Waals surface area contributed by atoms with Crippen LogP contribution in [0, 0.1) is 5.82 Å². The molecule has 0 unspecified atom stereocenters.